The number of carbonyl (C=O) groups is 1. The Bertz CT molecular complexity index is 976. The average Bonchev–Trinajstić information content (AvgIpc) is 3.27. The monoisotopic (exact) mass is 454 g/mol. The maximum absolute atomic E-state index is 12.6. The highest BCUT2D eigenvalue weighted by atomic mass is 32.2. The van der Waals surface area contributed by atoms with Crippen molar-refractivity contribution in [2.75, 3.05) is 20.2 Å². The van der Waals surface area contributed by atoms with Gasteiger partial charge in [0.1, 0.15) is 5.75 Å². The lowest BCUT2D eigenvalue weighted by Crippen LogP contribution is -2.32. The van der Waals surface area contributed by atoms with Crippen LogP contribution in [0.5, 0.6) is 5.75 Å². The van der Waals surface area contributed by atoms with Crippen LogP contribution in [0.4, 0.5) is 8.78 Å². The fourth-order valence-electron chi connectivity index (χ4n) is 3.21. The van der Waals surface area contributed by atoms with Crippen LogP contribution in [0.2, 0.25) is 0 Å². The first kappa shape index (κ1) is 23.1. The van der Waals surface area contributed by atoms with Crippen molar-refractivity contribution in [3.8, 4) is 5.75 Å². The lowest BCUT2D eigenvalue weighted by atomic mass is 10.1. The van der Waals surface area contributed by atoms with E-state index >= 15 is 0 Å². The summed E-state index contributed by atoms with van der Waals surface area (Å²) in [5.74, 6) is -0.262. The summed E-state index contributed by atoms with van der Waals surface area (Å²) in [6.45, 7) is -1.79. The van der Waals surface area contributed by atoms with Crippen molar-refractivity contribution in [2.24, 2.45) is 0 Å². The minimum Gasteiger partial charge on any atom is -0.435 e. The Morgan fingerprint density at radius 3 is 2.45 bits per heavy atom. The molecule has 7 nitrogen and oxygen atoms in total. The van der Waals surface area contributed by atoms with Crippen LogP contribution in [0.15, 0.2) is 53.4 Å². The second kappa shape index (κ2) is 10.2. The van der Waals surface area contributed by atoms with Crippen molar-refractivity contribution in [1.82, 2.24) is 9.62 Å². The first-order valence-corrected chi connectivity index (χ1v) is 11.2. The molecule has 0 saturated carbocycles. The van der Waals surface area contributed by atoms with Crippen LogP contribution in [0, 0.1) is 0 Å². The van der Waals surface area contributed by atoms with Gasteiger partial charge in [-0.1, -0.05) is 12.1 Å². The van der Waals surface area contributed by atoms with E-state index in [-0.39, 0.29) is 35.7 Å². The first-order chi connectivity index (χ1) is 14.7. The van der Waals surface area contributed by atoms with Gasteiger partial charge in [-0.05, 0) is 54.8 Å². The molecule has 0 bridgehead atoms. The number of alkyl halides is 2. The smallest absolute Gasteiger partial charge is 0.387 e. The Hall–Kier alpha value is -2.56. The minimum atomic E-state index is -3.69. The molecule has 1 unspecified atom stereocenters. The second-order valence-corrected chi connectivity index (χ2v) is 8.96. The molecule has 1 N–H and O–H groups in total. The Balaban J connectivity index is 1.58. The Kier molecular flexibility index (Phi) is 7.58. The maximum Gasteiger partial charge on any atom is 0.387 e. The van der Waals surface area contributed by atoms with E-state index in [1.54, 1.807) is 19.2 Å². The number of nitrogens with one attached hydrogen (secondary N) is 1. The van der Waals surface area contributed by atoms with Crippen molar-refractivity contribution in [2.45, 2.75) is 37.0 Å². The number of nitrogens with zero attached hydrogens (tertiary/aromatic N) is 1. The Morgan fingerprint density at radius 2 is 1.87 bits per heavy atom. The van der Waals surface area contributed by atoms with Gasteiger partial charge in [-0.2, -0.15) is 8.78 Å². The summed E-state index contributed by atoms with van der Waals surface area (Å²) in [7, 11) is -2.10. The molecule has 31 heavy (non-hydrogen) atoms. The highest BCUT2D eigenvalue weighted by molar-refractivity contribution is 7.89. The predicted octanol–water partition coefficient (Wildman–Crippen LogP) is 3.02. The molecule has 1 aliphatic rings. The van der Waals surface area contributed by atoms with Crippen LogP contribution >= 0.6 is 0 Å². The van der Waals surface area contributed by atoms with Gasteiger partial charge in [-0.25, -0.2) is 13.1 Å². The Morgan fingerprint density at radius 1 is 1.19 bits per heavy atom. The number of hydrogen-bond donors (Lipinski definition) is 1. The number of hydrogen-bond acceptors (Lipinski definition) is 5. The SMILES string of the molecule is CN(Cc1ccc(OC(F)F)cc1)C(=O)c1ccc(S(=O)(=O)NCC2CCCO2)cc1. The highest BCUT2D eigenvalue weighted by Gasteiger charge is 2.21. The van der Waals surface area contributed by atoms with E-state index in [2.05, 4.69) is 9.46 Å². The summed E-state index contributed by atoms with van der Waals surface area (Å²) in [6, 6.07) is 11.7. The lowest BCUT2D eigenvalue weighted by molar-refractivity contribution is -0.0498. The van der Waals surface area contributed by atoms with Crippen LogP contribution in [0.25, 0.3) is 0 Å². The summed E-state index contributed by atoms with van der Waals surface area (Å²) in [5.41, 5.74) is 1.06. The third-order valence-corrected chi connectivity index (χ3v) is 6.29. The molecule has 10 heteroatoms. The molecule has 0 aliphatic carbocycles. The van der Waals surface area contributed by atoms with Crippen molar-refractivity contribution in [3.05, 3.63) is 59.7 Å². The highest BCUT2D eigenvalue weighted by Crippen LogP contribution is 2.18. The van der Waals surface area contributed by atoms with Gasteiger partial charge in [0.15, 0.2) is 0 Å². The number of amides is 1. The molecular formula is C21H24F2N2O5S. The van der Waals surface area contributed by atoms with Crippen LogP contribution in [0.1, 0.15) is 28.8 Å². The van der Waals surface area contributed by atoms with E-state index in [9.17, 15) is 22.0 Å². The van der Waals surface area contributed by atoms with Crippen LogP contribution in [-0.2, 0) is 21.3 Å². The quantitative estimate of drug-likeness (QED) is 0.630. The molecule has 0 aromatic heterocycles. The summed E-state index contributed by atoms with van der Waals surface area (Å²) >= 11 is 0. The van der Waals surface area contributed by atoms with E-state index < -0.39 is 16.6 Å². The fraction of sp³-hybridized carbons (Fsp3) is 0.381. The zero-order valence-electron chi connectivity index (χ0n) is 17.0. The van der Waals surface area contributed by atoms with Crippen molar-refractivity contribution in [3.63, 3.8) is 0 Å². The molecule has 1 atom stereocenters. The van der Waals surface area contributed by atoms with Gasteiger partial charge in [-0.15, -0.1) is 0 Å². The molecule has 1 saturated heterocycles. The standard InChI is InChI=1S/C21H24F2N2O5S/c1-25(14-15-4-8-17(9-5-15)30-21(22)23)20(26)16-6-10-19(11-7-16)31(27,28)24-13-18-3-2-12-29-18/h4-11,18,21,24H,2-3,12-14H2,1H3. The molecule has 1 fully saturated rings. The van der Waals surface area contributed by atoms with Gasteiger partial charge < -0.3 is 14.4 Å². The number of halogens is 2. The topological polar surface area (TPSA) is 84.9 Å². The van der Waals surface area contributed by atoms with Crippen LogP contribution in [-0.4, -0.2) is 52.1 Å². The third-order valence-electron chi connectivity index (χ3n) is 4.85. The summed E-state index contributed by atoms with van der Waals surface area (Å²) in [6.07, 6.45) is 1.63. The van der Waals surface area contributed by atoms with E-state index in [1.807, 2.05) is 0 Å². The molecular weight excluding hydrogens is 430 g/mol. The van der Waals surface area contributed by atoms with Crippen molar-refractivity contribution in [1.29, 1.82) is 0 Å². The third kappa shape index (κ3) is 6.46. The number of rotatable bonds is 9. The summed E-state index contributed by atoms with van der Waals surface area (Å²) in [5, 5.41) is 0. The molecule has 2 aromatic rings. The molecule has 3 rings (SSSR count). The summed E-state index contributed by atoms with van der Waals surface area (Å²) in [4.78, 5) is 14.2. The molecule has 0 radical (unpaired) electrons. The van der Waals surface area contributed by atoms with Gasteiger partial charge in [-0.3, -0.25) is 4.79 Å². The van der Waals surface area contributed by atoms with E-state index in [1.165, 1.54) is 41.3 Å². The van der Waals surface area contributed by atoms with Gasteiger partial charge in [0.05, 0.1) is 11.0 Å². The van der Waals surface area contributed by atoms with Gasteiger partial charge in [0.25, 0.3) is 5.91 Å². The number of benzene rings is 2. The molecule has 1 heterocycles. The molecule has 1 amide bonds. The van der Waals surface area contributed by atoms with Gasteiger partial charge in [0.2, 0.25) is 10.0 Å². The van der Waals surface area contributed by atoms with Crippen molar-refractivity contribution >= 4 is 15.9 Å². The van der Waals surface area contributed by atoms with Crippen LogP contribution < -0.4 is 9.46 Å². The number of ether oxygens (including phenoxy) is 2. The normalized spacial score (nSPS) is 16.5. The van der Waals surface area contributed by atoms with Gasteiger partial charge >= 0.3 is 6.61 Å². The zero-order chi connectivity index (χ0) is 22.4. The second-order valence-electron chi connectivity index (χ2n) is 7.19. The van der Waals surface area contributed by atoms with Crippen molar-refractivity contribution < 1.29 is 31.5 Å². The number of carbonyl (C=O) groups excluding carboxylic acids is 1. The molecule has 168 valence electrons. The largest absolute Gasteiger partial charge is 0.435 e. The summed E-state index contributed by atoms with van der Waals surface area (Å²) < 4.78 is 61.5. The zero-order valence-corrected chi connectivity index (χ0v) is 17.8. The van der Waals surface area contributed by atoms with E-state index in [0.29, 0.717) is 12.2 Å². The maximum atomic E-state index is 12.6. The fourth-order valence-corrected chi connectivity index (χ4v) is 4.28. The van der Waals surface area contributed by atoms with E-state index in [4.69, 9.17) is 4.74 Å². The lowest BCUT2D eigenvalue weighted by Gasteiger charge is -2.18. The first-order valence-electron chi connectivity index (χ1n) is 9.75. The average molecular weight is 454 g/mol. The molecule has 0 spiro atoms. The van der Waals surface area contributed by atoms with Crippen LogP contribution in [0.3, 0.4) is 0 Å². The Labute approximate surface area is 180 Å². The predicted molar refractivity (Wildman–Crippen MR) is 109 cm³/mol. The number of sulfonamides is 1. The minimum absolute atomic E-state index is 0.0395. The van der Waals surface area contributed by atoms with Gasteiger partial charge in [0, 0.05) is 32.3 Å². The molecule has 1 aliphatic heterocycles. The van der Waals surface area contributed by atoms with E-state index in [0.717, 1.165) is 18.4 Å². The molecule has 2 aromatic carbocycles.